The van der Waals surface area contributed by atoms with E-state index in [1.165, 1.54) is 64.0 Å². The fourth-order valence-corrected chi connectivity index (χ4v) is 3.52. The molecule has 3 fully saturated rings. The second-order valence-corrected chi connectivity index (χ2v) is 6.24. The lowest BCUT2D eigenvalue weighted by Gasteiger charge is -2.45. The van der Waals surface area contributed by atoms with E-state index < -0.39 is 0 Å². The van der Waals surface area contributed by atoms with Crippen molar-refractivity contribution in [1.29, 1.82) is 0 Å². The Balaban J connectivity index is 1.53. The van der Waals surface area contributed by atoms with Crippen LogP contribution < -0.4 is 5.32 Å². The minimum atomic E-state index is 0.808. The van der Waals surface area contributed by atoms with Gasteiger partial charge in [0.1, 0.15) is 0 Å². The van der Waals surface area contributed by atoms with E-state index in [-0.39, 0.29) is 0 Å². The highest BCUT2D eigenvalue weighted by Crippen LogP contribution is 2.27. The number of nitrogens with zero attached hydrogens (tertiary/aromatic N) is 1. The van der Waals surface area contributed by atoms with Crippen LogP contribution in [0.5, 0.6) is 0 Å². The van der Waals surface area contributed by atoms with Crippen LogP contribution in [0.2, 0.25) is 0 Å². The molecular formula is C13H26N2S. The van der Waals surface area contributed by atoms with Crippen LogP contribution in [0.15, 0.2) is 0 Å². The van der Waals surface area contributed by atoms with Crippen LogP contribution in [-0.4, -0.2) is 49.1 Å². The van der Waals surface area contributed by atoms with Crippen LogP contribution in [0.3, 0.4) is 0 Å². The van der Waals surface area contributed by atoms with Crippen molar-refractivity contribution in [1.82, 2.24) is 10.2 Å². The topological polar surface area (TPSA) is 15.3 Å². The van der Waals surface area contributed by atoms with Gasteiger partial charge < -0.3 is 10.2 Å². The van der Waals surface area contributed by atoms with Gasteiger partial charge in [-0.15, -0.1) is 0 Å². The molecule has 3 saturated heterocycles. The maximum absolute atomic E-state index is 3.78. The summed E-state index contributed by atoms with van der Waals surface area (Å²) in [6.07, 6.45) is 9.22. The molecule has 1 N–H and O–H groups in total. The quantitative estimate of drug-likeness (QED) is 0.689. The lowest BCUT2D eigenvalue weighted by atomic mass is 9.84. The van der Waals surface area contributed by atoms with E-state index in [0.29, 0.717) is 0 Å². The molecule has 2 bridgehead atoms. The number of hydrogen-bond acceptors (Lipinski definition) is 3. The third-order valence-electron chi connectivity index (χ3n) is 4.09. The Bertz CT molecular complexity index is 190. The van der Waals surface area contributed by atoms with E-state index in [2.05, 4.69) is 16.5 Å². The van der Waals surface area contributed by atoms with Crippen molar-refractivity contribution in [3.8, 4) is 0 Å². The molecule has 1 atom stereocenters. The first-order valence-electron chi connectivity index (χ1n) is 6.85. The van der Waals surface area contributed by atoms with Crippen molar-refractivity contribution >= 4 is 11.8 Å². The highest BCUT2D eigenvalue weighted by atomic mass is 32.2. The molecule has 0 aliphatic carbocycles. The first kappa shape index (κ1) is 12.7. The van der Waals surface area contributed by atoms with Crippen LogP contribution >= 0.6 is 11.8 Å². The molecule has 0 radical (unpaired) electrons. The van der Waals surface area contributed by atoms with Crippen LogP contribution in [-0.2, 0) is 0 Å². The Morgan fingerprint density at radius 3 is 2.62 bits per heavy atom. The summed E-state index contributed by atoms with van der Waals surface area (Å²) in [5.74, 6) is 2.32. The zero-order valence-corrected chi connectivity index (χ0v) is 11.4. The monoisotopic (exact) mass is 242 g/mol. The van der Waals surface area contributed by atoms with E-state index in [4.69, 9.17) is 0 Å². The van der Waals surface area contributed by atoms with Crippen LogP contribution in [0.1, 0.15) is 32.1 Å². The zero-order chi connectivity index (χ0) is 11.2. The molecule has 0 amide bonds. The van der Waals surface area contributed by atoms with E-state index in [9.17, 15) is 0 Å². The Hall–Kier alpha value is 0.270. The van der Waals surface area contributed by atoms with Gasteiger partial charge in [-0.1, -0.05) is 6.42 Å². The van der Waals surface area contributed by atoms with Crippen LogP contribution in [0, 0.1) is 5.92 Å². The molecule has 94 valence electrons. The summed E-state index contributed by atoms with van der Waals surface area (Å²) in [5.41, 5.74) is 0. The van der Waals surface area contributed by atoms with Crippen LogP contribution in [0.25, 0.3) is 0 Å². The van der Waals surface area contributed by atoms with Crippen LogP contribution in [0.4, 0.5) is 0 Å². The SMILES string of the molecule is CSCCCCCNC1CN2CCC1CC2. The second-order valence-electron chi connectivity index (χ2n) is 5.25. The van der Waals surface area contributed by atoms with E-state index >= 15 is 0 Å². The summed E-state index contributed by atoms with van der Waals surface area (Å²) in [5, 5.41) is 3.78. The van der Waals surface area contributed by atoms with Gasteiger partial charge in [0.25, 0.3) is 0 Å². The molecule has 3 rings (SSSR count). The van der Waals surface area contributed by atoms with Crippen molar-refractivity contribution in [2.75, 3.05) is 38.2 Å². The fourth-order valence-electron chi connectivity index (χ4n) is 3.03. The predicted molar refractivity (Wildman–Crippen MR) is 73.2 cm³/mol. The summed E-state index contributed by atoms with van der Waals surface area (Å²) in [7, 11) is 0. The second kappa shape index (κ2) is 6.87. The number of rotatable bonds is 7. The van der Waals surface area contributed by atoms with Crippen molar-refractivity contribution in [2.24, 2.45) is 5.92 Å². The Labute approximate surface area is 105 Å². The molecule has 3 aliphatic heterocycles. The van der Waals surface area contributed by atoms with E-state index in [1.807, 2.05) is 11.8 Å². The third kappa shape index (κ3) is 3.64. The van der Waals surface area contributed by atoms with Gasteiger partial charge in [-0.25, -0.2) is 0 Å². The van der Waals surface area contributed by atoms with Gasteiger partial charge in [-0.3, -0.25) is 0 Å². The number of unbranched alkanes of at least 4 members (excludes halogenated alkanes) is 2. The highest BCUT2D eigenvalue weighted by molar-refractivity contribution is 7.98. The van der Waals surface area contributed by atoms with Crippen molar-refractivity contribution in [3.63, 3.8) is 0 Å². The molecule has 0 aromatic carbocycles. The Morgan fingerprint density at radius 1 is 1.19 bits per heavy atom. The van der Waals surface area contributed by atoms with Gasteiger partial charge in [0.05, 0.1) is 0 Å². The van der Waals surface area contributed by atoms with Crippen molar-refractivity contribution < 1.29 is 0 Å². The maximum atomic E-state index is 3.78. The van der Waals surface area contributed by atoms with Gasteiger partial charge in [0, 0.05) is 12.6 Å². The van der Waals surface area contributed by atoms with Crippen molar-refractivity contribution in [3.05, 3.63) is 0 Å². The molecule has 0 aromatic heterocycles. The van der Waals surface area contributed by atoms with Gasteiger partial charge in [0.15, 0.2) is 0 Å². The van der Waals surface area contributed by atoms with E-state index in [0.717, 1.165) is 12.0 Å². The molecule has 3 heterocycles. The molecule has 2 nitrogen and oxygen atoms in total. The Morgan fingerprint density at radius 2 is 2.00 bits per heavy atom. The summed E-state index contributed by atoms with van der Waals surface area (Å²) in [4.78, 5) is 2.63. The molecular weight excluding hydrogens is 216 g/mol. The molecule has 0 saturated carbocycles. The first-order chi connectivity index (χ1) is 7.90. The van der Waals surface area contributed by atoms with Crippen molar-refractivity contribution in [2.45, 2.75) is 38.1 Å². The van der Waals surface area contributed by atoms with E-state index in [1.54, 1.807) is 0 Å². The summed E-state index contributed by atoms with van der Waals surface area (Å²) < 4.78 is 0. The number of hydrogen-bond donors (Lipinski definition) is 1. The normalized spacial score (nSPS) is 33.2. The minimum absolute atomic E-state index is 0.808. The molecule has 3 aliphatic rings. The minimum Gasteiger partial charge on any atom is -0.312 e. The number of nitrogens with one attached hydrogen (secondary N) is 1. The standard InChI is InChI=1S/C13H26N2S/c1-16-10-4-2-3-7-14-13-11-15-8-5-12(13)6-9-15/h12-14H,2-11H2,1H3. The summed E-state index contributed by atoms with van der Waals surface area (Å²) >= 11 is 1.97. The summed E-state index contributed by atoms with van der Waals surface area (Å²) in [6, 6.07) is 0.808. The Kier molecular flexibility index (Phi) is 5.46. The lowest BCUT2D eigenvalue weighted by molar-refractivity contribution is 0.0727. The van der Waals surface area contributed by atoms with Gasteiger partial charge in [0.2, 0.25) is 0 Å². The molecule has 1 unspecified atom stereocenters. The summed E-state index contributed by atoms with van der Waals surface area (Å²) in [6.45, 7) is 5.27. The largest absolute Gasteiger partial charge is 0.312 e. The fraction of sp³-hybridized carbons (Fsp3) is 1.00. The molecule has 0 aromatic rings. The van der Waals surface area contributed by atoms with Gasteiger partial charge in [-0.2, -0.15) is 11.8 Å². The highest BCUT2D eigenvalue weighted by Gasteiger charge is 2.33. The van der Waals surface area contributed by atoms with Gasteiger partial charge >= 0.3 is 0 Å². The molecule has 16 heavy (non-hydrogen) atoms. The molecule has 0 spiro atoms. The molecule has 3 heteroatoms. The number of fused-ring (bicyclic) bond motifs is 3. The third-order valence-corrected chi connectivity index (χ3v) is 4.78. The zero-order valence-electron chi connectivity index (χ0n) is 10.6. The lowest BCUT2D eigenvalue weighted by Crippen LogP contribution is -2.56. The average molecular weight is 242 g/mol. The number of piperidine rings is 3. The average Bonchev–Trinajstić information content (AvgIpc) is 2.35. The first-order valence-corrected chi connectivity index (χ1v) is 8.24. The smallest absolute Gasteiger partial charge is 0.0224 e. The maximum Gasteiger partial charge on any atom is 0.0224 e. The number of thioether (sulfide) groups is 1. The van der Waals surface area contributed by atoms with Gasteiger partial charge in [-0.05, 0) is 63.2 Å². The predicted octanol–water partition coefficient (Wildman–Crippen LogP) is 2.20.